The van der Waals surface area contributed by atoms with Gasteiger partial charge in [0, 0.05) is 18.3 Å². The Hall–Kier alpha value is -1.20. The van der Waals surface area contributed by atoms with Crippen LogP contribution in [0.3, 0.4) is 0 Å². The molecule has 2 aliphatic rings. The van der Waals surface area contributed by atoms with Gasteiger partial charge in [-0.05, 0) is 50.3 Å². The normalized spacial score (nSPS) is 27.8. The highest BCUT2D eigenvalue weighted by molar-refractivity contribution is 7.10. The molecule has 5 heteroatoms. The Morgan fingerprint density at radius 2 is 2.05 bits per heavy atom. The van der Waals surface area contributed by atoms with E-state index in [1.165, 1.54) is 17.7 Å². The minimum Gasteiger partial charge on any atom is -0.303 e. The van der Waals surface area contributed by atoms with Crippen LogP contribution in [0.1, 0.15) is 30.6 Å². The van der Waals surface area contributed by atoms with Gasteiger partial charge in [-0.2, -0.15) is 0 Å². The van der Waals surface area contributed by atoms with Crippen LogP contribution in [-0.2, 0) is 15.0 Å². The molecule has 108 valence electrons. The van der Waals surface area contributed by atoms with Gasteiger partial charge < -0.3 is 4.90 Å². The monoisotopic (exact) mass is 292 g/mol. The Morgan fingerprint density at radius 1 is 1.30 bits per heavy atom. The fourth-order valence-corrected chi connectivity index (χ4v) is 4.25. The molecule has 1 unspecified atom stereocenters. The summed E-state index contributed by atoms with van der Waals surface area (Å²) in [7, 11) is 1.61. The van der Waals surface area contributed by atoms with Crippen LogP contribution in [0.25, 0.3) is 0 Å². The third-order valence-electron chi connectivity index (χ3n) is 4.59. The lowest BCUT2D eigenvalue weighted by Crippen LogP contribution is -2.39. The molecule has 0 spiro atoms. The SMILES string of the molecule is CN1C(=O)CC(CCN2CCCC2)(c2cccs2)C1=O. The van der Waals surface area contributed by atoms with Crippen molar-refractivity contribution < 1.29 is 9.59 Å². The first-order chi connectivity index (χ1) is 9.63. The van der Waals surface area contributed by atoms with E-state index in [1.54, 1.807) is 18.4 Å². The van der Waals surface area contributed by atoms with Crippen molar-refractivity contribution in [1.82, 2.24) is 9.80 Å². The van der Waals surface area contributed by atoms with Crippen molar-refractivity contribution in [2.75, 3.05) is 26.7 Å². The van der Waals surface area contributed by atoms with Gasteiger partial charge >= 0.3 is 0 Å². The maximum absolute atomic E-state index is 12.6. The molecule has 0 N–H and O–H groups in total. The molecule has 1 aromatic heterocycles. The highest BCUT2D eigenvalue weighted by Gasteiger charge is 2.51. The molecule has 0 radical (unpaired) electrons. The number of amides is 2. The van der Waals surface area contributed by atoms with Crippen LogP contribution in [0.4, 0.5) is 0 Å². The molecule has 20 heavy (non-hydrogen) atoms. The summed E-state index contributed by atoms with van der Waals surface area (Å²) in [5, 5.41) is 1.99. The van der Waals surface area contributed by atoms with Crippen LogP contribution < -0.4 is 0 Å². The van der Waals surface area contributed by atoms with Crippen molar-refractivity contribution >= 4 is 23.2 Å². The van der Waals surface area contributed by atoms with E-state index in [0.29, 0.717) is 6.42 Å². The zero-order chi connectivity index (χ0) is 14.2. The number of imide groups is 1. The van der Waals surface area contributed by atoms with Crippen LogP contribution in [-0.4, -0.2) is 48.3 Å². The third kappa shape index (κ3) is 2.19. The van der Waals surface area contributed by atoms with E-state index in [9.17, 15) is 9.59 Å². The Labute approximate surface area is 123 Å². The zero-order valence-electron chi connectivity index (χ0n) is 11.8. The van der Waals surface area contributed by atoms with Gasteiger partial charge in [-0.3, -0.25) is 14.5 Å². The third-order valence-corrected chi connectivity index (χ3v) is 5.66. The number of likely N-dealkylation sites (tertiary alicyclic amines) is 2. The minimum absolute atomic E-state index is 0.0239. The lowest BCUT2D eigenvalue weighted by Gasteiger charge is -2.27. The molecule has 0 bridgehead atoms. The average Bonchev–Trinajstić information content (AvgIpc) is 3.16. The number of nitrogens with zero attached hydrogens (tertiary/aromatic N) is 2. The van der Waals surface area contributed by atoms with Gasteiger partial charge in [0.1, 0.15) is 0 Å². The van der Waals surface area contributed by atoms with Crippen LogP contribution in [0, 0.1) is 0 Å². The van der Waals surface area contributed by atoms with Crippen molar-refractivity contribution in [3.05, 3.63) is 22.4 Å². The quantitative estimate of drug-likeness (QED) is 0.795. The largest absolute Gasteiger partial charge is 0.303 e. The van der Waals surface area contributed by atoms with E-state index in [2.05, 4.69) is 4.90 Å². The van der Waals surface area contributed by atoms with Crippen LogP contribution in [0.2, 0.25) is 0 Å². The summed E-state index contributed by atoms with van der Waals surface area (Å²) in [6, 6.07) is 3.96. The summed E-state index contributed by atoms with van der Waals surface area (Å²) in [5.74, 6) is -0.0750. The lowest BCUT2D eigenvalue weighted by molar-refractivity contribution is -0.138. The number of thiophene rings is 1. The predicted molar refractivity (Wildman–Crippen MR) is 78.7 cm³/mol. The van der Waals surface area contributed by atoms with Gasteiger partial charge in [0.25, 0.3) is 0 Å². The molecule has 1 atom stereocenters. The van der Waals surface area contributed by atoms with E-state index in [1.807, 2.05) is 17.5 Å². The summed E-state index contributed by atoms with van der Waals surface area (Å²) in [6.45, 7) is 3.15. The minimum atomic E-state index is -0.609. The number of likely N-dealkylation sites (N-methyl/N-ethyl adjacent to an activating group) is 1. The van der Waals surface area contributed by atoms with Crippen molar-refractivity contribution in [2.24, 2.45) is 0 Å². The van der Waals surface area contributed by atoms with Crippen molar-refractivity contribution in [2.45, 2.75) is 31.1 Å². The first-order valence-corrected chi connectivity index (χ1v) is 8.09. The van der Waals surface area contributed by atoms with Gasteiger partial charge in [0.15, 0.2) is 0 Å². The molecular formula is C15H20N2O2S. The molecule has 3 rings (SSSR count). The fraction of sp³-hybridized carbons (Fsp3) is 0.600. The van der Waals surface area contributed by atoms with Crippen LogP contribution in [0.5, 0.6) is 0 Å². The van der Waals surface area contributed by atoms with Gasteiger partial charge in [0.05, 0.1) is 5.41 Å². The summed E-state index contributed by atoms with van der Waals surface area (Å²) in [5.41, 5.74) is -0.609. The van der Waals surface area contributed by atoms with E-state index in [-0.39, 0.29) is 11.8 Å². The van der Waals surface area contributed by atoms with E-state index >= 15 is 0 Å². The second-order valence-electron chi connectivity index (χ2n) is 5.79. The molecule has 2 fully saturated rings. The Balaban J connectivity index is 1.84. The summed E-state index contributed by atoms with van der Waals surface area (Å²) >= 11 is 1.59. The Morgan fingerprint density at radius 3 is 2.60 bits per heavy atom. The maximum Gasteiger partial charge on any atom is 0.240 e. The van der Waals surface area contributed by atoms with Crippen molar-refractivity contribution in [1.29, 1.82) is 0 Å². The maximum atomic E-state index is 12.6. The summed E-state index contributed by atoms with van der Waals surface area (Å²) in [6.07, 6.45) is 3.58. The Kier molecular flexibility index (Phi) is 3.65. The molecule has 0 aliphatic carbocycles. The second-order valence-corrected chi connectivity index (χ2v) is 6.74. The lowest BCUT2D eigenvalue weighted by atomic mass is 9.81. The average molecular weight is 292 g/mol. The first kappa shape index (κ1) is 13.8. The molecule has 2 amide bonds. The molecule has 0 saturated carbocycles. The van der Waals surface area contributed by atoms with E-state index < -0.39 is 5.41 Å². The van der Waals surface area contributed by atoms with Crippen molar-refractivity contribution in [3.8, 4) is 0 Å². The summed E-state index contributed by atoms with van der Waals surface area (Å²) < 4.78 is 0. The van der Waals surface area contributed by atoms with E-state index in [4.69, 9.17) is 0 Å². The summed E-state index contributed by atoms with van der Waals surface area (Å²) in [4.78, 5) is 29.4. The number of hydrogen-bond donors (Lipinski definition) is 0. The molecule has 2 aliphatic heterocycles. The Bertz CT molecular complexity index is 508. The topological polar surface area (TPSA) is 40.6 Å². The smallest absolute Gasteiger partial charge is 0.240 e. The van der Waals surface area contributed by atoms with Gasteiger partial charge in [-0.1, -0.05) is 6.07 Å². The molecule has 0 aromatic carbocycles. The van der Waals surface area contributed by atoms with Gasteiger partial charge in [-0.25, -0.2) is 0 Å². The van der Waals surface area contributed by atoms with Crippen LogP contribution >= 0.6 is 11.3 Å². The molecule has 2 saturated heterocycles. The first-order valence-electron chi connectivity index (χ1n) is 7.21. The van der Waals surface area contributed by atoms with Crippen molar-refractivity contribution in [3.63, 3.8) is 0 Å². The molecular weight excluding hydrogens is 272 g/mol. The van der Waals surface area contributed by atoms with Crippen LogP contribution in [0.15, 0.2) is 17.5 Å². The highest BCUT2D eigenvalue weighted by Crippen LogP contribution is 2.41. The predicted octanol–water partition coefficient (Wildman–Crippen LogP) is 1.86. The van der Waals surface area contributed by atoms with Gasteiger partial charge in [0.2, 0.25) is 11.8 Å². The standard InChI is InChI=1S/C15H20N2O2S/c1-16-13(18)11-15(14(16)19,12-5-4-10-20-12)6-9-17-7-2-3-8-17/h4-5,10H,2-3,6-9,11H2,1H3. The molecule has 4 nitrogen and oxygen atoms in total. The zero-order valence-corrected chi connectivity index (χ0v) is 12.6. The second kappa shape index (κ2) is 5.30. The van der Waals surface area contributed by atoms with Gasteiger partial charge in [-0.15, -0.1) is 11.3 Å². The number of hydrogen-bond acceptors (Lipinski definition) is 4. The van der Waals surface area contributed by atoms with E-state index in [0.717, 1.165) is 30.9 Å². The number of carbonyl (C=O) groups is 2. The highest BCUT2D eigenvalue weighted by atomic mass is 32.1. The molecule has 3 heterocycles. The molecule has 1 aromatic rings. The number of rotatable bonds is 4. The fourth-order valence-electron chi connectivity index (χ4n) is 3.30. The number of carbonyl (C=O) groups excluding carboxylic acids is 2.